The van der Waals surface area contributed by atoms with Gasteiger partial charge >= 0.3 is 5.97 Å². The number of hydrogen-bond acceptors (Lipinski definition) is 4. The van der Waals surface area contributed by atoms with Crippen molar-refractivity contribution in [1.29, 1.82) is 0 Å². The molecular weight excluding hydrogens is 312 g/mol. The van der Waals surface area contributed by atoms with Gasteiger partial charge in [0.05, 0.1) is 12.1 Å². The number of thiazole rings is 1. The van der Waals surface area contributed by atoms with Crippen molar-refractivity contribution in [2.24, 2.45) is 5.92 Å². The molecule has 1 amide bonds. The zero-order valence-electron chi connectivity index (χ0n) is 12.8. The van der Waals surface area contributed by atoms with Gasteiger partial charge in [-0.1, -0.05) is 29.8 Å². The largest absolute Gasteiger partial charge is 0.480 e. The summed E-state index contributed by atoms with van der Waals surface area (Å²) in [4.78, 5) is 27.7. The van der Waals surface area contributed by atoms with E-state index in [1.165, 1.54) is 16.9 Å². The van der Waals surface area contributed by atoms with Gasteiger partial charge in [-0.3, -0.25) is 4.79 Å². The van der Waals surface area contributed by atoms with Crippen molar-refractivity contribution in [3.05, 3.63) is 40.9 Å². The van der Waals surface area contributed by atoms with Crippen molar-refractivity contribution in [3.63, 3.8) is 0 Å². The van der Waals surface area contributed by atoms with Crippen LogP contribution >= 0.6 is 11.3 Å². The predicted molar refractivity (Wildman–Crippen MR) is 88.3 cm³/mol. The minimum atomic E-state index is -0.959. The molecule has 0 bridgehead atoms. The fraction of sp³-hybridized carbons (Fsp3) is 0.353. The molecule has 0 saturated heterocycles. The number of carbonyl (C=O) groups is 2. The van der Waals surface area contributed by atoms with Crippen LogP contribution in [0.25, 0.3) is 10.6 Å². The summed E-state index contributed by atoms with van der Waals surface area (Å²) in [5.41, 5.74) is 2.88. The summed E-state index contributed by atoms with van der Waals surface area (Å²) in [6.45, 7) is 2.03. The molecule has 3 rings (SSSR count). The molecule has 0 radical (unpaired) electrons. The smallest absolute Gasteiger partial charge is 0.326 e. The van der Waals surface area contributed by atoms with E-state index in [2.05, 4.69) is 10.3 Å². The molecule has 1 aliphatic rings. The van der Waals surface area contributed by atoms with E-state index in [4.69, 9.17) is 5.11 Å². The highest BCUT2D eigenvalue weighted by Crippen LogP contribution is 2.32. The molecule has 1 fully saturated rings. The quantitative estimate of drug-likeness (QED) is 0.853. The van der Waals surface area contributed by atoms with Gasteiger partial charge in [0, 0.05) is 10.9 Å². The van der Waals surface area contributed by atoms with E-state index in [1.807, 2.05) is 36.6 Å². The van der Waals surface area contributed by atoms with Crippen molar-refractivity contribution < 1.29 is 14.7 Å². The lowest BCUT2D eigenvalue weighted by atomic mass is 10.1. The number of carboxylic acids is 1. The lowest BCUT2D eigenvalue weighted by Gasteiger charge is -2.12. The predicted octanol–water partition coefficient (Wildman–Crippen LogP) is 2.64. The minimum absolute atomic E-state index is 0.0787. The Morgan fingerprint density at radius 1 is 1.35 bits per heavy atom. The molecule has 0 aliphatic heterocycles. The van der Waals surface area contributed by atoms with Gasteiger partial charge in [0.1, 0.15) is 11.0 Å². The standard InChI is InChI=1S/C17H18N2O3S/c1-10-2-4-12(5-3-10)16-18-13(9-23-16)8-14(20)19-15(17(21)22)11-6-7-11/h2-5,9,11,15H,6-8H2,1H3,(H,19,20)(H,21,22). The van der Waals surface area contributed by atoms with Crippen LogP contribution in [0.15, 0.2) is 29.6 Å². The van der Waals surface area contributed by atoms with E-state index in [0.29, 0.717) is 5.69 Å². The van der Waals surface area contributed by atoms with Gasteiger partial charge in [0.25, 0.3) is 0 Å². The summed E-state index contributed by atoms with van der Waals surface area (Å²) < 4.78 is 0. The third-order valence-corrected chi connectivity index (χ3v) is 4.81. The first kappa shape index (κ1) is 15.7. The van der Waals surface area contributed by atoms with E-state index in [1.54, 1.807) is 0 Å². The number of carbonyl (C=O) groups excluding carboxylic acids is 1. The third-order valence-electron chi connectivity index (χ3n) is 3.87. The van der Waals surface area contributed by atoms with Crippen molar-refractivity contribution in [2.45, 2.75) is 32.2 Å². The molecule has 23 heavy (non-hydrogen) atoms. The summed E-state index contributed by atoms with van der Waals surface area (Å²) in [5.74, 6) is -1.17. The molecule has 1 heterocycles. The number of aryl methyl sites for hydroxylation is 1. The number of hydrogen-bond donors (Lipinski definition) is 2. The summed E-state index contributed by atoms with van der Waals surface area (Å²) in [7, 11) is 0. The fourth-order valence-corrected chi connectivity index (χ4v) is 3.24. The van der Waals surface area contributed by atoms with Gasteiger partial charge in [-0.15, -0.1) is 11.3 Å². The molecule has 6 heteroatoms. The van der Waals surface area contributed by atoms with Crippen LogP contribution in [0, 0.1) is 12.8 Å². The van der Waals surface area contributed by atoms with E-state index in [-0.39, 0.29) is 18.2 Å². The lowest BCUT2D eigenvalue weighted by Crippen LogP contribution is -2.43. The Balaban J connectivity index is 1.63. The van der Waals surface area contributed by atoms with Crippen LogP contribution in [0.2, 0.25) is 0 Å². The normalized spacial score (nSPS) is 15.2. The number of benzene rings is 1. The van der Waals surface area contributed by atoms with Crippen molar-refractivity contribution in [3.8, 4) is 10.6 Å². The molecule has 0 spiro atoms. The first-order chi connectivity index (χ1) is 11.0. The second kappa shape index (κ2) is 6.50. The number of nitrogens with one attached hydrogen (secondary N) is 1. The average molecular weight is 330 g/mol. The first-order valence-electron chi connectivity index (χ1n) is 7.56. The maximum atomic E-state index is 12.0. The van der Waals surface area contributed by atoms with Gasteiger partial charge in [0.15, 0.2) is 0 Å². The number of aliphatic carboxylic acids is 1. The Labute approximate surface area is 138 Å². The van der Waals surface area contributed by atoms with Crippen LogP contribution in [0.5, 0.6) is 0 Å². The molecular formula is C17H18N2O3S. The average Bonchev–Trinajstić information content (AvgIpc) is 3.25. The van der Waals surface area contributed by atoms with Crippen LogP contribution in [-0.4, -0.2) is 28.0 Å². The molecule has 2 N–H and O–H groups in total. The monoisotopic (exact) mass is 330 g/mol. The lowest BCUT2D eigenvalue weighted by molar-refractivity contribution is -0.142. The molecule has 1 saturated carbocycles. The van der Waals surface area contributed by atoms with Crippen LogP contribution in [0.1, 0.15) is 24.1 Å². The minimum Gasteiger partial charge on any atom is -0.480 e. The number of nitrogens with zero attached hydrogens (tertiary/aromatic N) is 1. The summed E-state index contributed by atoms with van der Waals surface area (Å²) in [5, 5.41) is 14.5. The van der Waals surface area contributed by atoms with Crippen LogP contribution < -0.4 is 5.32 Å². The molecule has 1 aromatic carbocycles. The topological polar surface area (TPSA) is 79.3 Å². The Morgan fingerprint density at radius 2 is 2.04 bits per heavy atom. The van der Waals surface area contributed by atoms with Crippen molar-refractivity contribution in [1.82, 2.24) is 10.3 Å². The molecule has 1 aromatic heterocycles. The zero-order valence-corrected chi connectivity index (χ0v) is 13.6. The molecule has 120 valence electrons. The highest BCUT2D eigenvalue weighted by atomic mass is 32.1. The summed E-state index contributed by atoms with van der Waals surface area (Å²) in [6, 6.07) is 7.29. The van der Waals surface area contributed by atoms with Crippen LogP contribution in [0.4, 0.5) is 0 Å². The fourth-order valence-electron chi connectivity index (χ4n) is 2.42. The van der Waals surface area contributed by atoms with E-state index in [0.717, 1.165) is 23.4 Å². The van der Waals surface area contributed by atoms with Gasteiger partial charge in [-0.05, 0) is 25.7 Å². The van der Waals surface area contributed by atoms with E-state index >= 15 is 0 Å². The highest BCUT2D eigenvalue weighted by Gasteiger charge is 2.37. The molecule has 1 unspecified atom stereocenters. The number of rotatable bonds is 6. The van der Waals surface area contributed by atoms with E-state index < -0.39 is 12.0 Å². The molecule has 1 aliphatic carbocycles. The number of aromatic nitrogens is 1. The second-order valence-corrected chi connectivity index (χ2v) is 6.77. The Hall–Kier alpha value is -2.21. The highest BCUT2D eigenvalue weighted by molar-refractivity contribution is 7.13. The van der Waals surface area contributed by atoms with Crippen LogP contribution in [0.3, 0.4) is 0 Å². The van der Waals surface area contributed by atoms with E-state index in [9.17, 15) is 9.59 Å². The molecule has 1 atom stereocenters. The van der Waals surface area contributed by atoms with Gasteiger partial charge < -0.3 is 10.4 Å². The number of carboxylic acid groups (broad SMARTS) is 1. The van der Waals surface area contributed by atoms with Crippen LogP contribution in [-0.2, 0) is 16.0 Å². The number of amides is 1. The maximum absolute atomic E-state index is 12.0. The third kappa shape index (κ3) is 3.96. The van der Waals surface area contributed by atoms with Crippen molar-refractivity contribution in [2.75, 3.05) is 0 Å². The van der Waals surface area contributed by atoms with Gasteiger partial charge in [-0.2, -0.15) is 0 Å². The molecule has 5 nitrogen and oxygen atoms in total. The SMILES string of the molecule is Cc1ccc(-c2nc(CC(=O)NC(C(=O)O)C3CC3)cs2)cc1. The Morgan fingerprint density at radius 3 is 2.65 bits per heavy atom. The Kier molecular flexibility index (Phi) is 4.43. The maximum Gasteiger partial charge on any atom is 0.326 e. The Bertz CT molecular complexity index is 720. The summed E-state index contributed by atoms with van der Waals surface area (Å²) >= 11 is 1.49. The summed E-state index contributed by atoms with van der Waals surface area (Å²) in [6.07, 6.45) is 1.84. The van der Waals surface area contributed by atoms with Gasteiger partial charge in [0.2, 0.25) is 5.91 Å². The van der Waals surface area contributed by atoms with Crippen molar-refractivity contribution >= 4 is 23.2 Å². The first-order valence-corrected chi connectivity index (χ1v) is 8.44. The van der Waals surface area contributed by atoms with Gasteiger partial charge in [-0.25, -0.2) is 9.78 Å². The molecule has 2 aromatic rings. The second-order valence-electron chi connectivity index (χ2n) is 5.91. The zero-order chi connectivity index (χ0) is 16.4.